The van der Waals surface area contributed by atoms with Gasteiger partial charge in [-0.3, -0.25) is 0 Å². The first-order valence-corrected chi connectivity index (χ1v) is 12.4. The van der Waals surface area contributed by atoms with Crippen molar-refractivity contribution in [2.45, 2.75) is 33.3 Å². The molecule has 0 aliphatic heterocycles. The van der Waals surface area contributed by atoms with E-state index in [9.17, 15) is 4.39 Å². The number of hydrogen-bond acceptors (Lipinski definition) is 3. The Morgan fingerprint density at radius 2 is 1.22 bits per heavy atom. The van der Waals surface area contributed by atoms with Gasteiger partial charge in [-0.2, -0.15) is 0 Å². The average molecular weight is 507 g/mol. The lowest BCUT2D eigenvalue weighted by atomic mass is 9.98. The van der Waals surface area contributed by atoms with Crippen LogP contribution in [0.25, 0.3) is 22.3 Å². The molecule has 0 bridgehead atoms. The molecule has 0 fully saturated rings. The Kier molecular flexibility index (Phi) is 8.72. The first kappa shape index (κ1) is 26.1. The second-order valence-electron chi connectivity index (χ2n) is 8.53. The van der Waals surface area contributed by atoms with Crippen LogP contribution < -0.4 is 14.2 Å². The van der Waals surface area contributed by atoms with Gasteiger partial charge in [-0.25, -0.2) is 13.2 Å². The van der Waals surface area contributed by atoms with Crippen LogP contribution in [0.15, 0.2) is 78.9 Å². The molecule has 0 aliphatic carbocycles. The molecule has 0 saturated carbocycles. The van der Waals surface area contributed by atoms with Gasteiger partial charge >= 0.3 is 0 Å². The number of rotatable bonds is 11. The molecule has 0 radical (unpaired) electrons. The molecule has 0 heterocycles. The minimum atomic E-state index is -0.916. The molecule has 4 rings (SSSR count). The van der Waals surface area contributed by atoms with Crippen molar-refractivity contribution in [3.8, 4) is 39.5 Å². The van der Waals surface area contributed by atoms with Crippen molar-refractivity contribution in [1.82, 2.24) is 0 Å². The molecule has 6 heteroatoms. The topological polar surface area (TPSA) is 27.7 Å². The summed E-state index contributed by atoms with van der Waals surface area (Å²) in [4.78, 5) is 0. The first-order valence-electron chi connectivity index (χ1n) is 12.4. The predicted octanol–water partition coefficient (Wildman–Crippen LogP) is 8.59. The van der Waals surface area contributed by atoms with Crippen molar-refractivity contribution >= 4 is 0 Å². The third kappa shape index (κ3) is 6.45. The lowest BCUT2D eigenvalue weighted by Gasteiger charge is -2.12. The van der Waals surface area contributed by atoms with Crippen molar-refractivity contribution < 1.29 is 27.4 Å². The van der Waals surface area contributed by atoms with Crippen LogP contribution >= 0.6 is 0 Å². The van der Waals surface area contributed by atoms with E-state index in [1.165, 1.54) is 12.1 Å². The predicted molar refractivity (Wildman–Crippen MR) is 140 cm³/mol. The third-order valence-corrected chi connectivity index (χ3v) is 5.89. The zero-order valence-corrected chi connectivity index (χ0v) is 20.9. The molecule has 0 unspecified atom stereocenters. The van der Waals surface area contributed by atoms with Crippen LogP contribution in [0.1, 0.15) is 32.3 Å². The van der Waals surface area contributed by atoms with Crippen molar-refractivity contribution in [3.05, 3.63) is 102 Å². The highest BCUT2D eigenvalue weighted by molar-refractivity contribution is 5.72. The Hall–Kier alpha value is -3.93. The van der Waals surface area contributed by atoms with Gasteiger partial charge in [0.15, 0.2) is 23.2 Å². The SMILES string of the molecule is CCCCOc1ccc(-c2ccc(-c3ccc(COc4ccc(OCC)cc4F)cc3)c(F)c2F)cc1. The summed E-state index contributed by atoms with van der Waals surface area (Å²) in [5.74, 6) is -1.10. The average Bonchev–Trinajstić information content (AvgIpc) is 2.91. The fourth-order valence-corrected chi connectivity index (χ4v) is 3.86. The third-order valence-electron chi connectivity index (χ3n) is 5.89. The fraction of sp³-hybridized carbons (Fsp3) is 0.226. The Morgan fingerprint density at radius 3 is 1.78 bits per heavy atom. The maximum atomic E-state index is 15.0. The Balaban J connectivity index is 1.44. The van der Waals surface area contributed by atoms with Gasteiger partial charge in [0, 0.05) is 17.2 Å². The van der Waals surface area contributed by atoms with Gasteiger partial charge in [0.05, 0.1) is 13.2 Å². The Labute approximate surface area is 215 Å². The van der Waals surface area contributed by atoms with Gasteiger partial charge in [0.25, 0.3) is 0 Å². The normalized spacial score (nSPS) is 10.8. The highest BCUT2D eigenvalue weighted by Gasteiger charge is 2.16. The van der Waals surface area contributed by atoms with E-state index in [4.69, 9.17) is 14.2 Å². The lowest BCUT2D eigenvalue weighted by Crippen LogP contribution is -1.99. The number of benzene rings is 4. The maximum absolute atomic E-state index is 15.0. The van der Waals surface area contributed by atoms with E-state index in [1.807, 2.05) is 6.92 Å². The lowest BCUT2D eigenvalue weighted by molar-refractivity contribution is 0.287. The van der Waals surface area contributed by atoms with Crippen molar-refractivity contribution in [2.24, 2.45) is 0 Å². The summed E-state index contributed by atoms with van der Waals surface area (Å²) in [5.41, 5.74) is 2.20. The van der Waals surface area contributed by atoms with Gasteiger partial charge in [0.2, 0.25) is 0 Å². The number of unbranched alkanes of at least 4 members (excludes halogenated alkanes) is 1. The maximum Gasteiger partial charge on any atom is 0.168 e. The number of halogens is 3. The molecular weight excluding hydrogens is 477 g/mol. The van der Waals surface area contributed by atoms with E-state index >= 15 is 8.78 Å². The van der Waals surface area contributed by atoms with Crippen molar-refractivity contribution in [1.29, 1.82) is 0 Å². The number of hydrogen-bond donors (Lipinski definition) is 0. The summed E-state index contributed by atoms with van der Waals surface area (Å²) in [6.45, 7) is 5.10. The van der Waals surface area contributed by atoms with Gasteiger partial charge in [-0.15, -0.1) is 0 Å². The highest BCUT2D eigenvalue weighted by Crippen LogP contribution is 2.32. The van der Waals surface area contributed by atoms with E-state index < -0.39 is 17.5 Å². The Morgan fingerprint density at radius 1 is 0.622 bits per heavy atom. The van der Waals surface area contributed by atoms with E-state index in [1.54, 1.807) is 66.7 Å². The smallest absolute Gasteiger partial charge is 0.168 e. The molecule has 0 aromatic heterocycles. The molecule has 4 aromatic carbocycles. The van der Waals surface area contributed by atoms with Crippen molar-refractivity contribution in [3.63, 3.8) is 0 Å². The molecule has 0 saturated heterocycles. The highest BCUT2D eigenvalue weighted by atomic mass is 19.2. The van der Waals surface area contributed by atoms with E-state index in [0.717, 1.165) is 18.4 Å². The van der Waals surface area contributed by atoms with Gasteiger partial charge in [-0.1, -0.05) is 61.9 Å². The van der Waals surface area contributed by atoms with E-state index in [-0.39, 0.29) is 23.5 Å². The molecule has 3 nitrogen and oxygen atoms in total. The van der Waals surface area contributed by atoms with Crippen molar-refractivity contribution in [2.75, 3.05) is 13.2 Å². The monoisotopic (exact) mass is 506 g/mol. The molecule has 0 spiro atoms. The summed E-state index contributed by atoms with van der Waals surface area (Å²) in [7, 11) is 0. The van der Waals surface area contributed by atoms with Crippen LogP contribution in [-0.4, -0.2) is 13.2 Å². The molecule has 192 valence electrons. The zero-order valence-electron chi connectivity index (χ0n) is 20.9. The van der Waals surface area contributed by atoms with Gasteiger partial charge in [-0.05, 0) is 54.3 Å². The minimum absolute atomic E-state index is 0.108. The molecule has 0 N–H and O–H groups in total. The van der Waals surface area contributed by atoms with Gasteiger partial charge < -0.3 is 14.2 Å². The molecule has 0 aliphatic rings. The number of ether oxygens (including phenoxy) is 3. The van der Waals surface area contributed by atoms with Crippen LogP contribution in [0.3, 0.4) is 0 Å². The minimum Gasteiger partial charge on any atom is -0.494 e. The fourth-order valence-electron chi connectivity index (χ4n) is 3.86. The standard InChI is InChI=1S/C31H29F3O3/c1-3-5-18-36-24-12-10-23(11-13-24)27-16-15-26(30(33)31(27)34)22-8-6-21(7-9-22)20-37-29-17-14-25(35-4-2)19-28(29)32/h6-17,19H,3-5,18,20H2,1-2H3. The van der Waals surface area contributed by atoms with Crippen LogP contribution in [-0.2, 0) is 6.61 Å². The summed E-state index contributed by atoms with van der Waals surface area (Å²) in [6, 6.07) is 21.4. The van der Waals surface area contributed by atoms with Crippen LogP contribution in [0.2, 0.25) is 0 Å². The zero-order chi connectivity index (χ0) is 26.2. The molecule has 37 heavy (non-hydrogen) atoms. The van der Waals surface area contributed by atoms with E-state index in [0.29, 0.717) is 35.8 Å². The summed E-state index contributed by atoms with van der Waals surface area (Å²) in [6.07, 6.45) is 1.99. The summed E-state index contributed by atoms with van der Waals surface area (Å²) in [5, 5.41) is 0. The van der Waals surface area contributed by atoms with Crippen LogP contribution in [0.5, 0.6) is 17.2 Å². The second kappa shape index (κ2) is 12.3. The summed E-state index contributed by atoms with van der Waals surface area (Å²) < 4.78 is 60.7. The summed E-state index contributed by atoms with van der Waals surface area (Å²) >= 11 is 0. The molecule has 4 aromatic rings. The quantitative estimate of drug-likeness (QED) is 0.191. The Bertz CT molecular complexity index is 1320. The van der Waals surface area contributed by atoms with Crippen LogP contribution in [0, 0.1) is 17.5 Å². The second-order valence-corrected chi connectivity index (χ2v) is 8.53. The molecule has 0 amide bonds. The van der Waals surface area contributed by atoms with E-state index in [2.05, 4.69) is 6.92 Å². The molecule has 0 atom stereocenters. The van der Waals surface area contributed by atoms with Gasteiger partial charge in [0.1, 0.15) is 18.1 Å². The molecular formula is C31H29F3O3. The largest absolute Gasteiger partial charge is 0.494 e. The van der Waals surface area contributed by atoms with Crippen LogP contribution in [0.4, 0.5) is 13.2 Å². The first-order chi connectivity index (χ1) is 18.0.